The van der Waals surface area contributed by atoms with Gasteiger partial charge in [0.05, 0.1) is 5.75 Å². The van der Waals surface area contributed by atoms with Crippen molar-refractivity contribution in [2.24, 2.45) is 5.92 Å². The molecule has 0 aromatic rings. The van der Waals surface area contributed by atoms with Gasteiger partial charge in [0.1, 0.15) is 15.6 Å². The Morgan fingerprint density at radius 1 is 1.11 bits per heavy atom. The third-order valence-electron chi connectivity index (χ3n) is 3.91. The van der Waals surface area contributed by atoms with Gasteiger partial charge in [-0.1, -0.05) is 39.0 Å². The molecule has 0 spiro atoms. The van der Waals surface area contributed by atoms with Crippen LogP contribution in [0.1, 0.15) is 64.7 Å². The van der Waals surface area contributed by atoms with Crippen molar-refractivity contribution >= 4 is 15.6 Å². The molecule has 1 aliphatic rings. The van der Waals surface area contributed by atoms with Gasteiger partial charge >= 0.3 is 0 Å². The third kappa shape index (κ3) is 6.53. The van der Waals surface area contributed by atoms with Gasteiger partial charge in [0.2, 0.25) is 0 Å². The minimum Gasteiger partial charge on any atom is -0.300 e. The van der Waals surface area contributed by atoms with E-state index >= 15 is 0 Å². The van der Waals surface area contributed by atoms with Crippen molar-refractivity contribution in [2.75, 3.05) is 11.5 Å². The summed E-state index contributed by atoms with van der Waals surface area (Å²) in [7, 11) is -2.90. The first-order valence-corrected chi connectivity index (χ1v) is 9.08. The van der Waals surface area contributed by atoms with Crippen molar-refractivity contribution in [1.29, 1.82) is 0 Å². The van der Waals surface area contributed by atoms with Gasteiger partial charge in [-0.25, -0.2) is 8.42 Å². The van der Waals surface area contributed by atoms with Gasteiger partial charge in [0, 0.05) is 18.6 Å². The van der Waals surface area contributed by atoms with E-state index in [2.05, 4.69) is 0 Å². The number of sulfone groups is 1. The van der Waals surface area contributed by atoms with Crippen LogP contribution in [0.15, 0.2) is 0 Å². The highest BCUT2D eigenvalue weighted by atomic mass is 32.2. The fourth-order valence-corrected chi connectivity index (χ4v) is 3.47. The van der Waals surface area contributed by atoms with E-state index in [1.807, 2.05) is 0 Å². The normalized spacial score (nSPS) is 17.8. The summed E-state index contributed by atoms with van der Waals surface area (Å²) in [5, 5.41) is 0. The van der Waals surface area contributed by atoms with Gasteiger partial charge in [0.25, 0.3) is 0 Å². The van der Waals surface area contributed by atoms with E-state index in [1.165, 1.54) is 32.1 Å². The van der Waals surface area contributed by atoms with Crippen molar-refractivity contribution in [3.63, 3.8) is 0 Å². The highest BCUT2D eigenvalue weighted by molar-refractivity contribution is 7.91. The highest BCUT2D eigenvalue weighted by Gasteiger charge is 2.15. The summed E-state index contributed by atoms with van der Waals surface area (Å²) >= 11 is 0. The molecule has 0 aromatic heterocycles. The minimum absolute atomic E-state index is 0.165. The lowest BCUT2D eigenvalue weighted by molar-refractivity contribution is -0.119. The van der Waals surface area contributed by atoms with Crippen molar-refractivity contribution in [3.8, 4) is 0 Å². The molecule has 0 N–H and O–H groups in total. The standard InChI is InChI=1S/C14H26O3S/c1-2-18(16,17)12-6-9-14(15)11-10-13-7-4-3-5-8-13/h13H,2-12H2,1H3. The molecular formula is C14H26O3S. The van der Waals surface area contributed by atoms with Crippen molar-refractivity contribution in [1.82, 2.24) is 0 Å². The predicted molar refractivity (Wildman–Crippen MR) is 74.4 cm³/mol. The zero-order valence-electron chi connectivity index (χ0n) is 11.5. The van der Waals surface area contributed by atoms with Gasteiger partial charge in [-0.3, -0.25) is 4.79 Å². The summed E-state index contributed by atoms with van der Waals surface area (Å²) < 4.78 is 22.5. The molecule has 1 rings (SSSR count). The van der Waals surface area contributed by atoms with Crippen LogP contribution >= 0.6 is 0 Å². The lowest BCUT2D eigenvalue weighted by atomic mass is 9.85. The maximum absolute atomic E-state index is 11.7. The van der Waals surface area contributed by atoms with Gasteiger partial charge in [-0.15, -0.1) is 0 Å². The number of carbonyl (C=O) groups is 1. The van der Waals surface area contributed by atoms with Gasteiger partial charge in [-0.2, -0.15) is 0 Å². The van der Waals surface area contributed by atoms with Crippen LogP contribution in [-0.4, -0.2) is 25.7 Å². The third-order valence-corrected chi connectivity index (χ3v) is 5.70. The average Bonchev–Trinajstić information content (AvgIpc) is 2.37. The molecule has 0 radical (unpaired) electrons. The Hall–Kier alpha value is -0.380. The molecule has 1 fully saturated rings. The maximum atomic E-state index is 11.7. The SMILES string of the molecule is CCS(=O)(=O)CCCC(=O)CCC1CCCCC1. The Morgan fingerprint density at radius 3 is 2.39 bits per heavy atom. The first-order chi connectivity index (χ1) is 8.53. The first-order valence-electron chi connectivity index (χ1n) is 7.25. The van der Waals surface area contributed by atoms with E-state index in [1.54, 1.807) is 6.92 Å². The Morgan fingerprint density at radius 2 is 1.78 bits per heavy atom. The summed E-state index contributed by atoms with van der Waals surface area (Å²) in [5.41, 5.74) is 0. The summed E-state index contributed by atoms with van der Waals surface area (Å²) in [4.78, 5) is 11.7. The number of ketones is 1. The van der Waals surface area contributed by atoms with Crippen LogP contribution in [0.3, 0.4) is 0 Å². The van der Waals surface area contributed by atoms with E-state index in [9.17, 15) is 13.2 Å². The van der Waals surface area contributed by atoms with Gasteiger partial charge < -0.3 is 0 Å². The lowest BCUT2D eigenvalue weighted by Gasteiger charge is -2.20. The van der Waals surface area contributed by atoms with E-state index in [-0.39, 0.29) is 17.3 Å². The average molecular weight is 274 g/mol. The largest absolute Gasteiger partial charge is 0.300 e. The minimum atomic E-state index is -2.90. The number of hydrogen-bond donors (Lipinski definition) is 0. The van der Waals surface area contributed by atoms with E-state index in [0.717, 1.165) is 12.3 Å². The molecule has 4 heteroatoms. The molecule has 0 amide bonds. The molecule has 0 aliphatic heterocycles. The molecule has 18 heavy (non-hydrogen) atoms. The number of Topliss-reactive ketones (excluding diaryl/α,β-unsaturated/α-hetero) is 1. The fourth-order valence-electron chi connectivity index (χ4n) is 2.60. The molecular weight excluding hydrogens is 248 g/mol. The van der Waals surface area contributed by atoms with Gasteiger partial charge in [0.15, 0.2) is 0 Å². The summed E-state index contributed by atoms with van der Waals surface area (Å²) in [6.07, 6.45) is 9.12. The summed E-state index contributed by atoms with van der Waals surface area (Å²) in [5.74, 6) is 1.33. The van der Waals surface area contributed by atoms with Crippen LogP contribution in [-0.2, 0) is 14.6 Å². The van der Waals surface area contributed by atoms with Crippen LogP contribution in [0.5, 0.6) is 0 Å². The Kier molecular flexibility index (Phi) is 6.90. The maximum Gasteiger partial charge on any atom is 0.150 e. The zero-order chi connectivity index (χ0) is 13.4. The summed E-state index contributed by atoms with van der Waals surface area (Å²) in [6.45, 7) is 1.65. The quantitative estimate of drug-likeness (QED) is 0.683. The second kappa shape index (κ2) is 7.93. The van der Waals surface area contributed by atoms with Crippen LogP contribution in [0.2, 0.25) is 0 Å². The predicted octanol–water partition coefficient (Wildman–Crippen LogP) is 3.13. The number of rotatable bonds is 8. The monoisotopic (exact) mass is 274 g/mol. The molecule has 0 heterocycles. The van der Waals surface area contributed by atoms with Crippen LogP contribution < -0.4 is 0 Å². The van der Waals surface area contributed by atoms with Crippen LogP contribution in [0.25, 0.3) is 0 Å². The number of hydrogen-bond acceptors (Lipinski definition) is 3. The fraction of sp³-hybridized carbons (Fsp3) is 0.929. The molecule has 0 saturated heterocycles. The lowest BCUT2D eigenvalue weighted by Crippen LogP contribution is -2.12. The second-order valence-corrected chi connectivity index (χ2v) is 7.89. The Balaban J connectivity index is 2.10. The second-order valence-electron chi connectivity index (χ2n) is 5.42. The molecule has 3 nitrogen and oxygen atoms in total. The van der Waals surface area contributed by atoms with E-state index in [4.69, 9.17) is 0 Å². The summed E-state index contributed by atoms with van der Waals surface area (Å²) in [6, 6.07) is 0. The molecule has 1 aliphatic carbocycles. The van der Waals surface area contributed by atoms with Crippen molar-refractivity contribution < 1.29 is 13.2 Å². The van der Waals surface area contributed by atoms with Crippen LogP contribution in [0, 0.1) is 5.92 Å². The molecule has 0 unspecified atom stereocenters. The Bertz CT molecular complexity index is 340. The first kappa shape index (κ1) is 15.7. The van der Waals surface area contributed by atoms with Crippen molar-refractivity contribution in [3.05, 3.63) is 0 Å². The molecule has 106 valence electrons. The van der Waals surface area contributed by atoms with Crippen LogP contribution in [0.4, 0.5) is 0 Å². The van der Waals surface area contributed by atoms with Gasteiger partial charge in [-0.05, 0) is 18.8 Å². The van der Waals surface area contributed by atoms with E-state index < -0.39 is 9.84 Å². The zero-order valence-corrected chi connectivity index (χ0v) is 12.3. The van der Waals surface area contributed by atoms with E-state index in [0.29, 0.717) is 19.3 Å². The number of carbonyl (C=O) groups excluding carboxylic acids is 1. The topological polar surface area (TPSA) is 51.2 Å². The van der Waals surface area contributed by atoms with Crippen molar-refractivity contribution in [2.45, 2.75) is 64.7 Å². The molecule has 0 atom stereocenters. The smallest absolute Gasteiger partial charge is 0.150 e. The molecule has 0 aromatic carbocycles. The highest BCUT2D eigenvalue weighted by Crippen LogP contribution is 2.27. The molecule has 1 saturated carbocycles. The Labute approximate surface area is 111 Å². The molecule has 0 bridgehead atoms.